The predicted octanol–water partition coefficient (Wildman–Crippen LogP) is 3.55. The van der Waals surface area contributed by atoms with E-state index in [0.29, 0.717) is 4.99 Å². The molecule has 0 amide bonds. The molecule has 0 saturated heterocycles. The number of nitrogens with zero attached hydrogens (tertiary/aromatic N) is 2. The molecule has 0 bridgehead atoms. The summed E-state index contributed by atoms with van der Waals surface area (Å²) in [5.74, 6) is 0.851. The second kappa shape index (κ2) is 5.67. The highest BCUT2D eigenvalue weighted by atomic mass is 79.9. The highest BCUT2D eigenvalue weighted by molar-refractivity contribution is 9.10. The largest absolute Gasteiger partial charge is 0.389 e. The lowest BCUT2D eigenvalue weighted by atomic mass is 10.1. The van der Waals surface area contributed by atoms with Crippen molar-refractivity contribution in [3.05, 3.63) is 52.1 Å². The second-order valence-corrected chi connectivity index (χ2v) is 5.47. The van der Waals surface area contributed by atoms with Gasteiger partial charge in [-0.25, -0.2) is 4.98 Å². The van der Waals surface area contributed by atoms with Gasteiger partial charge in [-0.3, -0.25) is 0 Å². The highest BCUT2D eigenvalue weighted by Gasteiger charge is 2.12. The zero-order valence-electron chi connectivity index (χ0n) is 10.7. The van der Waals surface area contributed by atoms with Gasteiger partial charge in [-0.1, -0.05) is 24.4 Å². The van der Waals surface area contributed by atoms with Crippen LogP contribution in [0.2, 0.25) is 0 Å². The maximum Gasteiger partial charge on any atom is 0.133 e. The molecule has 98 valence electrons. The van der Waals surface area contributed by atoms with E-state index in [1.165, 1.54) is 0 Å². The lowest BCUT2D eigenvalue weighted by Gasteiger charge is -2.21. The van der Waals surface area contributed by atoms with Crippen LogP contribution in [0, 0.1) is 6.92 Å². The van der Waals surface area contributed by atoms with Crippen LogP contribution in [0.15, 0.2) is 40.9 Å². The summed E-state index contributed by atoms with van der Waals surface area (Å²) in [6.07, 6.45) is 0. The van der Waals surface area contributed by atoms with Crippen LogP contribution in [0.25, 0.3) is 0 Å². The molecule has 0 aliphatic heterocycles. The van der Waals surface area contributed by atoms with E-state index in [1.54, 1.807) is 0 Å². The second-order valence-electron chi connectivity index (χ2n) is 4.18. The average molecular weight is 336 g/mol. The van der Waals surface area contributed by atoms with Crippen molar-refractivity contribution in [2.24, 2.45) is 5.73 Å². The van der Waals surface area contributed by atoms with Crippen molar-refractivity contribution >= 4 is 44.6 Å². The summed E-state index contributed by atoms with van der Waals surface area (Å²) in [6.45, 7) is 1.96. The maximum atomic E-state index is 5.76. The van der Waals surface area contributed by atoms with E-state index in [-0.39, 0.29) is 0 Å². The molecule has 0 atom stereocenters. The fourth-order valence-electron chi connectivity index (χ4n) is 1.82. The van der Waals surface area contributed by atoms with Gasteiger partial charge in [0, 0.05) is 17.1 Å². The third kappa shape index (κ3) is 2.93. The van der Waals surface area contributed by atoms with E-state index in [2.05, 4.69) is 20.9 Å². The molecule has 3 nitrogen and oxygen atoms in total. The van der Waals surface area contributed by atoms with Crippen LogP contribution in [-0.4, -0.2) is 17.0 Å². The Kier molecular flexibility index (Phi) is 4.17. The van der Waals surface area contributed by atoms with Crippen molar-refractivity contribution in [3.63, 3.8) is 0 Å². The van der Waals surface area contributed by atoms with E-state index in [9.17, 15) is 0 Å². The topological polar surface area (TPSA) is 42.2 Å². The number of aromatic nitrogens is 1. The lowest BCUT2D eigenvalue weighted by Crippen LogP contribution is -2.18. The van der Waals surface area contributed by atoms with Crippen molar-refractivity contribution in [3.8, 4) is 0 Å². The molecule has 0 aliphatic carbocycles. The van der Waals surface area contributed by atoms with Crippen LogP contribution in [0.3, 0.4) is 0 Å². The van der Waals surface area contributed by atoms with Crippen molar-refractivity contribution in [1.29, 1.82) is 0 Å². The molecule has 1 aromatic heterocycles. The van der Waals surface area contributed by atoms with Crippen LogP contribution >= 0.6 is 28.1 Å². The zero-order chi connectivity index (χ0) is 14.0. The Bertz CT molecular complexity index is 628. The monoisotopic (exact) mass is 335 g/mol. The predicted molar refractivity (Wildman–Crippen MR) is 87.1 cm³/mol. The number of benzene rings is 1. The Hall–Kier alpha value is -1.46. The normalized spacial score (nSPS) is 10.3. The Morgan fingerprint density at radius 3 is 2.58 bits per heavy atom. The van der Waals surface area contributed by atoms with Crippen molar-refractivity contribution < 1.29 is 0 Å². The Labute approximate surface area is 126 Å². The first kappa shape index (κ1) is 14.0. The minimum absolute atomic E-state index is 0.385. The molecule has 0 fully saturated rings. The van der Waals surface area contributed by atoms with Gasteiger partial charge in [0.2, 0.25) is 0 Å². The summed E-state index contributed by atoms with van der Waals surface area (Å²) < 4.78 is 0.993. The highest BCUT2D eigenvalue weighted by Crippen LogP contribution is 2.27. The number of thiocarbonyl (C=S) groups is 1. The summed E-state index contributed by atoms with van der Waals surface area (Å²) >= 11 is 8.54. The number of hydrogen-bond donors (Lipinski definition) is 1. The first-order valence-corrected chi connectivity index (χ1v) is 6.96. The van der Waals surface area contributed by atoms with E-state index < -0.39 is 0 Å². The molecular formula is C14H14BrN3S. The molecule has 2 rings (SSSR count). The summed E-state index contributed by atoms with van der Waals surface area (Å²) in [7, 11) is 1.95. The number of pyridine rings is 1. The zero-order valence-corrected chi connectivity index (χ0v) is 13.1. The SMILES string of the molecule is Cc1nc(N(C)c2ccccc2C(N)=S)ccc1Br. The fraction of sp³-hybridized carbons (Fsp3) is 0.143. The summed E-state index contributed by atoms with van der Waals surface area (Å²) in [5.41, 5.74) is 8.50. The van der Waals surface area contributed by atoms with E-state index >= 15 is 0 Å². The van der Waals surface area contributed by atoms with Gasteiger partial charge in [0.1, 0.15) is 10.8 Å². The first-order chi connectivity index (χ1) is 9.00. The standard InChI is InChI=1S/C14H14BrN3S/c1-9-11(15)7-8-13(17-9)18(2)12-6-4-3-5-10(12)14(16)19/h3-8H,1-2H3,(H2,16,19). The van der Waals surface area contributed by atoms with Crippen molar-refractivity contribution in [2.45, 2.75) is 6.92 Å². The minimum atomic E-state index is 0.385. The van der Waals surface area contributed by atoms with Gasteiger partial charge in [-0.05, 0) is 47.1 Å². The van der Waals surface area contributed by atoms with Gasteiger partial charge in [0.15, 0.2) is 0 Å². The molecule has 2 N–H and O–H groups in total. The molecule has 0 saturated carbocycles. The quantitative estimate of drug-likeness (QED) is 0.871. The summed E-state index contributed by atoms with van der Waals surface area (Å²) in [4.78, 5) is 6.91. The molecular weight excluding hydrogens is 322 g/mol. The van der Waals surface area contributed by atoms with Gasteiger partial charge in [-0.15, -0.1) is 0 Å². The number of nitrogens with two attached hydrogens (primary N) is 1. The lowest BCUT2D eigenvalue weighted by molar-refractivity contribution is 1.08. The van der Waals surface area contributed by atoms with Gasteiger partial charge < -0.3 is 10.6 Å². The maximum absolute atomic E-state index is 5.76. The van der Waals surface area contributed by atoms with Crippen LogP contribution in [-0.2, 0) is 0 Å². The number of anilines is 2. The number of hydrogen-bond acceptors (Lipinski definition) is 3. The first-order valence-electron chi connectivity index (χ1n) is 5.76. The number of rotatable bonds is 3. The number of halogens is 1. The van der Waals surface area contributed by atoms with Crippen LogP contribution in [0.5, 0.6) is 0 Å². The van der Waals surface area contributed by atoms with Gasteiger partial charge >= 0.3 is 0 Å². The Balaban J connectivity index is 2.46. The fourth-order valence-corrected chi connectivity index (χ4v) is 2.21. The molecule has 1 heterocycles. The smallest absolute Gasteiger partial charge is 0.133 e. The number of aryl methyl sites for hydroxylation is 1. The van der Waals surface area contributed by atoms with Crippen LogP contribution in [0.4, 0.5) is 11.5 Å². The van der Waals surface area contributed by atoms with Crippen LogP contribution < -0.4 is 10.6 Å². The Morgan fingerprint density at radius 1 is 1.26 bits per heavy atom. The molecule has 2 aromatic rings. The van der Waals surface area contributed by atoms with E-state index in [1.807, 2.05) is 55.3 Å². The van der Waals surface area contributed by atoms with E-state index in [0.717, 1.165) is 27.2 Å². The van der Waals surface area contributed by atoms with Gasteiger partial charge in [0.25, 0.3) is 0 Å². The average Bonchev–Trinajstić information content (AvgIpc) is 2.41. The van der Waals surface area contributed by atoms with Crippen LogP contribution in [0.1, 0.15) is 11.3 Å². The Morgan fingerprint density at radius 2 is 1.95 bits per heavy atom. The van der Waals surface area contributed by atoms with Gasteiger partial charge in [0.05, 0.1) is 11.4 Å². The molecule has 0 unspecified atom stereocenters. The molecule has 1 aromatic carbocycles. The summed E-state index contributed by atoms with van der Waals surface area (Å²) in [5, 5.41) is 0. The molecule has 19 heavy (non-hydrogen) atoms. The summed E-state index contributed by atoms with van der Waals surface area (Å²) in [6, 6.07) is 11.7. The van der Waals surface area contributed by atoms with Crippen molar-refractivity contribution in [1.82, 2.24) is 4.98 Å². The van der Waals surface area contributed by atoms with E-state index in [4.69, 9.17) is 18.0 Å². The number of para-hydroxylation sites is 1. The molecule has 0 aliphatic rings. The third-order valence-corrected chi connectivity index (χ3v) is 3.94. The minimum Gasteiger partial charge on any atom is -0.389 e. The van der Waals surface area contributed by atoms with Gasteiger partial charge in [-0.2, -0.15) is 0 Å². The van der Waals surface area contributed by atoms with Crippen molar-refractivity contribution in [2.75, 3.05) is 11.9 Å². The molecule has 0 radical (unpaired) electrons. The third-order valence-electron chi connectivity index (χ3n) is 2.88. The molecule has 0 spiro atoms. The molecule has 5 heteroatoms.